The van der Waals surface area contributed by atoms with Crippen LogP contribution in [0.2, 0.25) is 0 Å². The first-order valence-electron chi connectivity index (χ1n) is 9.11. The Morgan fingerprint density at radius 3 is 2.24 bits per heavy atom. The highest BCUT2D eigenvalue weighted by Gasteiger charge is 2.10. The predicted octanol–water partition coefficient (Wildman–Crippen LogP) is 3.57. The standard InChI is InChI=1S/C21H24N2O5S/c1-3-12-28-21(26)15-8-10-16(11-9-15)22-19(24)13-29-14-20(25)23-17-6-4-5-7-18(17)27-2/h4-11H,3,12-14H2,1-2H3,(H,22,24)(H,23,25). The summed E-state index contributed by atoms with van der Waals surface area (Å²) in [4.78, 5) is 35.8. The largest absolute Gasteiger partial charge is 0.495 e. The highest BCUT2D eigenvalue weighted by Crippen LogP contribution is 2.23. The topological polar surface area (TPSA) is 93.7 Å². The van der Waals surface area contributed by atoms with Gasteiger partial charge in [-0.3, -0.25) is 9.59 Å². The molecule has 8 heteroatoms. The number of nitrogens with one attached hydrogen (secondary N) is 2. The number of carbonyl (C=O) groups excluding carboxylic acids is 3. The van der Waals surface area contributed by atoms with E-state index in [1.165, 1.54) is 18.9 Å². The fourth-order valence-electron chi connectivity index (χ4n) is 2.34. The number of methoxy groups -OCH3 is 1. The van der Waals surface area contributed by atoms with Gasteiger partial charge in [0, 0.05) is 5.69 Å². The van der Waals surface area contributed by atoms with Gasteiger partial charge in [-0.05, 0) is 42.8 Å². The van der Waals surface area contributed by atoms with Crippen molar-refractivity contribution in [2.75, 3.05) is 35.9 Å². The molecule has 0 unspecified atom stereocenters. The van der Waals surface area contributed by atoms with Crippen LogP contribution in [0.1, 0.15) is 23.7 Å². The molecule has 0 fully saturated rings. The molecular weight excluding hydrogens is 392 g/mol. The zero-order chi connectivity index (χ0) is 21.1. The van der Waals surface area contributed by atoms with Crippen LogP contribution in [0.5, 0.6) is 5.75 Å². The fraction of sp³-hybridized carbons (Fsp3) is 0.286. The molecule has 2 aromatic rings. The first-order chi connectivity index (χ1) is 14.0. The summed E-state index contributed by atoms with van der Waals surface area (Å²) in [6.07, 6.45) is 0.758. The van der Waals surface area contributed by atoms with E-state index in [0.29, 0.717) is 29.3 Å². The third kappa shape index (κ3) is 7.50. The average Bonchev–Trinajstić information content (AvgIpc) is 2.73. The Balaban J connectivity index is 1.74. The number of hydrogen-bond acceptors (Lipinski definition) is 6. The molecule has 2 amide bonds. The van der Waals surface area contributed by atoms with Gasteiger partial charge in [0.05, 0.1) is 36.5 Å². The highest BCUT2D eigenvalue weighted by atomic mass is 32.2. The van der Waals surface area contributed by atoms with Crippen LogP contribution < -0.4 is 15.4 Å². The number of ether oxygens (including phenoxy) is 2. The van der Waals surface area contributed by atoms with E-state index in [-0.39, 0.29) is 29.3 Å². The second-order valence-electron chi connectivity index (χ2n) is 6.00. The van der Waals surface area contributed by atoms with E-state index in [1.54, 1.807) is 42.5 Å². The third-order valence-corrected chi connectivity index (χ3v) is 4.62. The lowest BCUT2D eigenvalue weighted by molar-refractivity contribution is -0.114. The van der Waals surface area contributed by atoms with Gasteiger partial charge in [0.25, 0.3) is 0 Å². The molecule has 0 aliphatic carbocycles. The van der Waals surface area contributed by atoms with Gasteiger partial charge in [-0.25, -0.2) is 4.79 Å². The summed E-state index contributed by atoms with van der Waals surface area (Å²) in [7, 11) is 1.53. The van der Waals surface area contributed by atoms with Crippen molar-refractivity contribution in [2.24, 2.45) is 0 Å². The Morgan fingerprint density at radius 1 is 0.931 bits per heavy atom. The van der Waals surface area contributed by atoms with Crippen molar-refractivity contribution in [2.45, 2.75) is 13.3 Å². The van der Waals surface area contributed by atoms with Crippen molar-refractivity contribution < 1.29 is 23.9 Å². The van der Waals surface area contributed by atoms with E-state index in [0.717, 1.165) is 6.42 Å². The number of para-hydroxylation sites is 2. The van der Waals surface area contributed by atoms with E-state index < -0.39 is 0 Å². The van der Waals surface area contributed by atoms with Crippen LogP contribution in [-0.2, 0) is 14.3 Å². The van der Waals surface area contributed by atoms with E-state index in [9.17, 15) is 14.4 Å². The van der Waals surface area contributed by atoms with Gasteiger partial charge in [-0.2, -0.15) is 0 Å². The molecule has 0 bridgehead atoms. The van der Waals surface area contributed by atoms with Crippen molar-refractivity contribution in [1.29, 1.82) is 0 Å². The molecule has 2 aromatic carbocycles. The van der Waals surface area contributed by atoms with E-state index in [2.05, 4.69) is 10.6 Å². The maximum absolute atomic E-state index is 12.0. The van der Waals surface area contributed by atoms with Gasteiger partial charge in [0.1, 0.15) is 5.75 Å². The summed E-state index contributed by atoms with van der Waals surface area (Å²) in [6.45, 7) is 2.30. The third-order valence-electron chi connectivity index (χ3n) is 3.69. The van der Waals surface area contributed by atoms with Gasteiger partial charge >= 0.3 is 5.97 Å². The number of carbonyl (C=O) groups is 3. The number of benzene rings is 2. The number of hydrogen-bond donors (Lipinski definition) is 2. The lowest BCUT2D eigenvalue weighted by Gasteiger charge is -2.10. The van der Waals surface area contributed by atoms with Crippen molar-refractivity contribution >= 4 is 40.9 Å². The first-order valence-corrected chi connectivity index (χ1v) is 10.3. The minimum Gasteiger partial charge on any atom is -0.495 e. The molecule has 154 valence electrons. The molecule has 0 spiro atoms. The maximum Gasteiger partial charge on any atom is 0.338 e. The van der Waals surface area contributed by atoms with Crippen molar-refractivity contribution in [1.82, 2.24) is 0 Å². The zero-order valence-corrected chi connectivity index (χ0v) is 17.2. The predicted molar refractivity (Wildman–Crippen MR) is 115 cm³/mol. The van der Waals surface area contributed by atoms with Gasteiger partial charge in [0.15, 0.2) is 0 Å². The molecule has 7 nitrogen and oxygen atoms in total. The smallest absolute Gasteiger partial charge is 0.338 e. The lowest BCUT2D eigenvalue weighted by atomic mass is 10.2. The van der Waals surface area contributed by atoms with Crippen molar-refractivity contribution in [3.05, 3.63) is 54.1 Å². The molecule has 0 atom stereocenters. The highest BCUT2D eigenvalue weighted by molar-refractivity contribution is 8.00. The SMILES string of the molecule is CCCOC(=O)c1ccc(NC(=O)CSCC(=O)Nc2ccccc2OC)cc1. The lowest BCUT2D eigenvalue weighted by Crippen LogP contribution is -2.18. The van der Waals surface area contributed by atoms with Crippen LogP contribution in [0.25, 0.3) is 0 Å². The zero-order valence-electron chi connectivity index (χ0n) is 16.4. The summed E-state index contributed by atoms with van der Waals surface area (Å²) in [6, 6.07) is 13.6. The Hall–Kier alpha value is -3.00. The van der Waals surface area contributed by atoms with Gasteiger partial charge < -0.3 is 20.1 Å². The number of thioether (sulfide) groups is 1. The van der Waals surface area contributed by atoms with Gasteiger partial charge in [0.2, 0.25) is 11.8 Å². The molecule has 0 aromatic heterocycles. The van der Waals surface area contributed by atoms with Crippen LogP contribution in [0, 0.1) is 0 Å². The van der Waals surface area contributed by atoms with E-state index in [4.69, 9.17) is 9.47 Å². The minimum atomic E-state index is -0.388. The molecule has 0 saturated heterocycles. The number of anilines is 2. The molecule has 0 heterocycles. The van der Waals surface area contributed by atoms with Crippen LogP contribution >= 0.6 is 11.8 Å². The molecule has 29 heavy (non-hydrogen) atoms. The van der Waals surface area contributed by atoms with Crippen LogP contribution in [0.15, 0.2) is 48.5 Å². The number of amides is 2. The second-order valence-corrected chi connectivity index (χ2v) is 6.99. The number of rotatable bonds is 10. The second kappa shape index (κ2) is 11.8. The summed E-state index contributed by atoms with van der Waals surface area (Å²) in [5, 5.41) is 5.49. The quantitative estimate of drug-likeness (QED) is 0.575. The number of esters is 1. The molecule has 0 aliphatic rings. The average molecular weight is 416 g/mol. The Morgan fingerprint density at radius 2 is 1.59 bits per heavy atom. The first kappa shape index (κ1) is 22.3. The van der Waals surface area contributed by atoms with Crippen molar-refractivity contribution in [3.8, 4) is 5.75 Å². The van der Waals surface area contributed by atoms with Crippen LogP contribution in [0.3, 0.4) is 0 Å². The fourth-order valence-corrected chi connectivity index (χ4v) is 2.95. The van der Waals surface area contributed by atoms with Crippen molar-refractivity contribution in [3.63, 3.8) is 0 Å². The Bertz CT molecular complexity index is 839. The molecule has 0 radical (unpaired) electrons. The molecule has 0 saturated carbocycles. The summed E-state index contributed by atoms with van der Waals surface area (Å²) < 4.78 is 10.2. The maximum atomic E-state index is 12.0. The minimum absolute atomic E-state index is 0.125. The molecule has 2 N–H and O–H groups in total. The van der Waals surface area contributed by atoms with E-state index >= 15 is 0 Å². The van der Waals surface area contributed by atoms with Crippen LogP contribution in [0.4, 0.5) is 11.4 Å². The normalized spacial score (nSPS) is 10.1. The monoisotopic (exact) mass is 416 g/mol. The summed E-state index contributed by atoms with van der Waals surface area (Å²) in [5.41, 5.74) is 1.59. The summed E-state index contributed by atoms with van der Waals surface area (Å²) in [5.74, 6) is -0.0107. The molecule has 2 rings (SSSR count). The van der Waals surface area contributed by atoms with Gasteiger partial charge in [-0.1, -0.05) is 19.1 Å². The molecular formula is C21H24N2O5S. The van der Waals surface area contributed by atoms with Gasteiger partial charge in [-0.15, -0.1) is 11.8 Å². The Labute approximate surface area is 174 Å². The molecule has 0 aliphatic heterocycles. The Kier molecular flexibility index (Phi) is 9.04. The van der Waals surface area contributed by atoms with E-state index in [1.807, 2.05) is 13.0 Å². The van der Waals surface area contributed by atoms with Crippen LogP contribution in [-0.4, -0.2) is 43.0 Å². The summed E-state index contributed by atoms with van der Waals surface area (Å²) >= 11 is 1.20.